The van der Waals surface area contributed by atoms with Crippen molar-refractivity contribution in [2.45, 2.75) is 25.7 Å². The third-order valence-corrected chi connectivity index (χ3v) is 4.32. The molecule has 1 aromatic heterocycles. The molecule has 0 radical (unpaired) electrons. The highest BCUT2D eigenvalue weighted by molar-refractivity contribution is 5.79. The van der Waals surface area contributed by atoms with E-state index in [4.69, 9.17) is 10.2 Å². The lowest BCUT2D eigenvalue weighted by Crippen LogP contribution is -2.43. The second-order valence-electron chi connectivity index (χ2n) is 6.15. The number of carbonyl (C=O) groups excluding carboxylic acids is 1. The molecule has 0 bridgehead atoms. The molecule has 0 saturated carbocycles. The van der Waals surface area contributed by atoms with Crippen LogP contribution in [0.1, 0.15) is 25.0 Å². The average molecular weight is 335 g/mol. The standard InChI is InChI=1S/C17H29N5O2/c1-19-17(21-9-7-15-6-3-12-24-15)20-8-4-11-22-10-2-5-14(13-22)16(18)23/h3,6,12,14H,2,4-5,7-11,13H2,1H3,(H2,18,23)(H2,19,20,21). The molecule has 1 amide bonds. The largest absolute Gasteiger partial charge is 0.469 e. The van der Waals surface area contributed by atoms with Crippen LogP contribution in [0.4, 0.5) is 0 Å². The van der Waals surface area contributed by atoms with Crippen LogP contribution in [0.5, 0.6) is 0 Å². The Balaban J connectivity index is 1.57. The van der Waals surface area contributed by atoms with Gasteiger partial charge in [-0.2, -0.15) is 0 Å². The minimum Gasteiger partial charge on any atom is -0.469 e. The molecule has 1 aliphatic rings. The zero-order chi connectivity index (χ0) is 17.2. The molecule has 134 valence electrons. The van der Waals surface area contributed by atoms with Crippen molar-refractivity contribution in [1.82, 2.24) is 15.5 Å². The highest BCUT2D eigenvalue weighted by Crippen LogP contribution is 2.15. The number of likely N-dealkylation sites (tertiary alicyclic amines) is 1. The molecule has 7 heteroatoms. The van der Waals surface area contributed by atoms with E-state index in [1.807, 2.05) is 12.1 Å². The summed E-state index contributed by atoms with van der Waals surface area (Å²) < 4.78 is 5.30. The molecule has 4 N–H and O–H groups in total. The Morgan fingerprint density at radius 1 is 1.46 bits per heavy atom. The van der Waals surface area contributed by atoms with Crippen molar-refractivity contribution in [3.8, 4) is 0 Å². The van der Waals surface area contributed by atoms with Gasteiger partial charge in [-0.15, -0.1) is 0 Å². The molecule has 1 unspecified atom stereocenters. The Labute approximate surface area is 143 Å². The van der Waals surface area contributed by atoms with Crippen LogP contribution in [0.15, 0.2) is 27.8 Å². The number of hydrogen-bond donors (Lipinski definition) is 3. The second-order valence-corrected chi connectivity index (χ2v) is 6.15. The number of nitrogens with two attached hydrogens (primary N) is 1. The van der Waals surface area contributed by atoms with Crippen molar-refractivity contribution in [3.05, 3.63) is 24.2 Å². The summed E-state index contributed by atoms with van der Waals surface area (Å²) in [6.45, 7) is 4.45. The van der Waals surface area contributed by atoms with E-state index < -0.39 is 0 Å². The van der Waals surface area contributed by atoms with Gasteiger partial charge < -0.3 is 25.7 Å². The molecular formula is C17H29N5O2. The first-order valence-electron chi connectivity index (χ1n) is 8.67. The molecular weight excluding hydrogens is 306 g/mol. The maximum Gasteiger partial charge on any atom is 0.221 e. The summed E-state index contributed by atoms with van der Waals surface area (Å²) in [5, 5.41) is 6.59. The molecule has 1 aromatic rings. The van der Waals surface area contributed by atoms with E-state index in [-0.39, 0.29) is 11.8 Å². The van der Waals surface area contributed by atoms with E-state index in [9.17, 15) is 4.79 Å². The van der Waals surface area contributed by atoms with Crippen LogP contribution in [0, 0.1) is 5.92 Å². The van der Waals surface area contributed by atoms with Crippen LogP contribution >= 0.6 is 0 Å². The number of nitrogens with one attached hydrogen (secondary N) is 2. The minimum atomic E-state index is -0.168. The highest BCUT2D eigenvalue weighted by Gasteiger charge is 2.23. The molecule has 24 heavy (non-hydrogen) atoms. The van der Waals surface area contributed by atoms with Gasteiger partial charge in [-0.25, -0.2) is 0 Å². The van der Waals surface area contributed by atoms with Crippen molar-refractivity contribution in [2.24, 2.45) is 16.6 Å². The van der Waals surface area contributed by atoms with Crippen LogP contribution < -0.4 is 16.4 Å². The second kappa shape index (κ2) is 9.97. The third-order valence-electron chi connectivity index (χ3n) is 4.32. The van der Waals surface area contributed by atoms with Crippen LogP contribution in [-0.4, -0.2) is 56.5 Å². The molecule has 0 spiro atoms. The van der Waals surface area contributed by atoms with Gasteiger partial charge >= 0.3 is 0 Å². The molecule has 1 saturated heterocycles. The summed E-state index contributed by atoms with van der Waals surface area (Å²) in [5.41, 5.74) is 5.41. The molecule has 2 rings (SSSR count). The lowest BCUT2D eigenvalue weighted by molar-refractivity contribution is -0.123. The van der Waals surface area contributed by atoms with E-state index in [1.54, 1.807) is 13.3 Å². The van der Waals surface area contributed by atoms with Gasteiger partial charge in [-0.05, 0) is 44.5 Å². The number of aliphatic imine (C=N–C) groups is 1. The van der Waals surface area contributed by atoms with Crippen LogP contribution in [0.25, 0.3) is 0 Å². The zero-order valence-corrected chi connectivity index (χ0v) is 14.5. The predicted octanol–water partition coefficient (Wildman–Crippen LogP) is 0.575. The fraction of sp³-hybridized carbons (Fsp3) is 0.647. The molecule has 7 nitrogen and oxygen atoms in total. The van der Waals surface area contributed by atoms with E-state index >= 15 is 0 Å². The topological polar surface area (TPSA) is 95.9 Å². The number of rotatable bonds is 8. The Morgan fingerprint density at radius 3 is 3.00 bits per heavy atom. The van der Waals surface area contributed by atoms with E-state index in [1.165, 1.54) is 0 Å². The van der Waals surface area contributed by atoms with Crippen molar-refractivity contribution in [3.63, 3.8) is 0 Å². The summed E-state index contributed by atoms with van der Waals surface area (Å²) in [6, 6.07) is 3.86. The molecule has 0 aliphatic carbocycles. The maximum atomic E-state index is 11.3. The number of furan rings is 1. The molecule has 0 aromatic carbocycles. The first-order valence-corrected chi connectivity index (χ1v) is 8.67. The van der Waals surface area contributed by atoms with Gasteiger partial charge in [0.1, 0.15) is 5.76 Å². The number of amides is 1. The molecule has 1 atom stereocenters. The summed E-state index contributed by atoms with van der Waals surface area (Å²) in [4.78, 5) is 17.8. The quantitative estimate of drug-likeness (QED) is 0.367. The van der Waals surface area contributed by atoms with Crippen molar-refractivity contribution < 1.29 is 9.21 Å². The van der Waals surface area contributed by atoms with Gasteiger partial charge in [0, 0.05) is 33.1 Å². The number of nitrogens with zero attached hydrogens (tertiary/aromatic N) is 2. The summed E-state index contributed by atoms with van der Waals surface area (Å²) in [6.07, 6.45) is 5.50. The van der Waals surface area contributed by atoms with Crippen LogP contribution in [-0.2, 0) is 11.2 Å². The Morgan fingerprint density at radius 2 is 2.29 bits per heavy atom. The minimum absolute atomic E-state index is 0.0164. The number of guanidine groups is 1. The first-order chi connectivity index (χ1) is 11.7. The Hall–Kier alpha value is -2.02. The Bertz CT molecular complexity index is 515. The van der Waals surface area contributed by atoms with Gasteiger partial charge in [0.15, 0.2) is 5.96 Å². The molecule has 1 fully saturated rings. The lowest BCUT2D eigenvalue weighted by atomic mass is 9.97. The summed E-state index contributed by atoms with van der Waals surface area (Å²) >= 11 is 0. The normalized spacial score (nSPS) is 19.2. The fourth-order valence-electron chi connectivity index (χ4n) is 2.98. The zero-order valence-electron chi connectivity index (χ0n) is 14.5. The highest BCUT2D eigenvalue weighted by atomic mass is 16.3. The number of piperidine rings is 1. The number of hydrogen-bond acceptors (Lipinski definition) is 4. The first kappa shape index (κ1) is 18.3. The van der Waals surface area contributed by atoms with Crippen molar-refractivity contribution in [2.75, 3.05) is 39.8 Å². The van der Waals surface area contributed by atoms with E-state index in [0.717, 1.165) is 70.1 Å². The third kappa shape index (κ3) is 6.23. The summed E-state index contributed by atoms with van der Waals surface area (Å²) in [7, 11) is 1.77. The van der Waals surface area contributed by atoms with Crippen LogP contribution in [0.3, 0.4) is 0 Å². The fourth-order valence-corrected chi connectivity index (χ4v) is 2.98. The van der Waals surface area contributed by atoms with Gasteiger partial charge in [-0.1, -0.05) is 0 Å². The smallest absolute Gasteiger partial charge is 0.221 e. The summed E-state index contributed by atoms with van der Waals surface area (Å²) in [5.74, 6) is 1.61. The SMILES string of the molecule is CN=C(NCCCN1CCCC(C(N)=O)C1)NCCc1ccco1. The Kier molecular flexibility index (Phi) is 7.61. The molecule has 2 heterocycles. The number of carbonyl (C=O) groups is 1. The van der Waals surface area contributed by atoms with Crippen LogP contribution in [0.2, 0.25) is 0 Å². The predicted molar refractivity (Wildman–Crippen MR) is 94.8 cm³/mol. The number of primary amides is 1. The monoisotopic (exact) mass is 335 g/mol. The van der Waals surface area contributed by atoms with Gasteiger partial charge in [0.05, 0.1) is 12.2 Å². The van der Waals surface area contributed by atoms with Gasteiger partial charge in [0.2, 0.25) is 5.91 Å². The van der Waals surface area contributed by atoms with E-state index in [2.05, 4.69) is 20.5 Å². The van der Waals surface area contributed by atoms with Gasteiger partial charge in [0.25, 0.3) is 0 Å². The van der Waals surface area contributed by atoms with E-state index in [0.29, 0.717) is 0 Å². The van der Waals surface area contributed by atoms with Gasteiger partial charge in [-0.3, -0.25) is 9.79 Å². The molecule has 1 aliphatic heterocycles. The lowest BCUT2D eigenvalue weighted by Gasteiger charge is -2.31. The maximum absolute atomic E-state index is 11.3. The van der Waals surface area contributed by atoms with Crippen molar-refractivity contribution in [1.29, 1.82) is 0 Å². The van der Waals surface area contributed by atoms with Crippen molar-refractivity contribution >= 4 is 11.9 Å². The average Bonchev–Trinajstić information content (AvgIpc) is 3.10.